The van der Waals surface area contributed by atoms with Gasteiger partial charge in [-0.1, -0.05) is 6.92 Å². The van der Waals surface area contributed by atoms with Crippen LogP contribution in [0.15, 0.2) is 6.20 Å². The number of hydrogen-bond acceptors (Lipinski definition) is 3. The summed E-state index contributed by atoms with van der Waals surface area (Å²) in [6, 6.07) is 0.568. The summed E-state index contributed by atoms with van der Waals surface area (Å²) in [4.78, 5) is 10.2. The Hall–Kier alpha value is -1.03. The van der Waals surface area contributed by atoms with Crippen molar-refractivity contribution in [1.82, 2.24) is 9.97 Å². The Morgan fingerprint density at radius 2 is 2.38 bits per heavy atom. The van der Waals surface area contributed by atoms with E-state index in [1.54, 1.807) is 0 Å². The van der Waals surface area contributed by atoms with E-state index >= 15 is 0 Å². The molecule has 3 N–H and O–H groups in total. The topological polar surface area (TPSA) is 57.9 Å². The number of hydrogen-bond donors (Lipinski definition) is 2. The monoisotopic (exact) mass is 222 g/mol. The van der Waals surface area contributed by atoms with Crippen LogP contribution in [-0.2, 0) is 6.42 Å². The maximum absolute atomic E-state index is 5.76. The van der Waals surface area contributed by atoms with Crippen molar-refractivity contribution in [2.24, 2.45) is 11.7 Å². The molecular formula is C12H22N4. The molecule has 1 aromatic rings. The summed E-state index contributed by atoms with van der Waals surface area (Å²) in [6.45, 7) is 6.22. The van der Waals surface area contributed by atoms with Gasteiger partial charge in [-0.2, -0.15) is 0 Å². The number of nitrogens with two attached hydrogens (primary N) is 1. The van der Waals surface area contributed by atoms with Gasteiger partial charge in [0.05, 0.1) is 6.20 Å². The van der Waals surface area contributed by atoms with Crippen LogP contribution in [0.4, 0.5) is 5.95 Å². The number of rotatable bonds is 3. The van der Waals surface area contributed by atoms with Crippen molar-refractivity contribution in [2.75, 3.05) is 18.0 Å². The SMILES string of the molecule is CCc1cnc(N2CC(CN)CCC2C)[nH]1. The van der Waals surface area contributed by atoms with Crippen molar-refractivity contribution in [3.8, 4) is 0 Å². The summed E-state index contributed by atoms with van der Waals surface area (Å²) in [5, 5.41) is 0. The number of anilines is 1. The Bertz CT molecular complexity index is 334. The van der Waals surface area contributed by atoms with Crippen molar-refractivity contribution in [2.45, 2.75) is 39.2 Å². The number of aromatic nitrogens is 2. The molecule has 1 fully saturated rings. The van der Waals surface area contributed by atoms with Gasteiger partial charge in [0.1, 0.15) is 0 Å². The molecule has 0 bridgehead atoms. The lowest BCUT2D eigenvalue weighted by molar-refractivity contribution is 0.370. The van der Waals surface area contributed by atoms with Gasteiger partial charge in [0, 0.05) is 18.3 Å². The molecule has 2 atom stereocenters. The second kappa shape index (κ2) is 4.87. The lowest BCUT2D eigenvalue weighted by Crippen LogP contribution is -2.44. The largest absolute Gasteiger partial charge is 0.339 e. The second-order valence-electron chi connectivity index (χ2n) is 4.77. The van der Waals surface area contributed by atoms with Gasteiger partial charge < -0.3 is 15.6 Å². The third kappa shape index (κ3) is 2.21. The first kappa shape index (κ1) is 11.5. The smallest absolute Gasteiger partial charge is 0.203 e. The van der Waals surface area contributed by atoms with Gasteiger partial charge in [0.25, 0.3) is 0 Å². The third-order valence-corrected chi connectivity index (χ3v) is 3.58. The summed E-state index contributed by atoms with van der Waals surface area (Å²) in [7, 11) is 0. The normalized spacial score (nSPS) is 26.1. The van der Waals surface area contributed by atoms with Crippen molar-refractivity contribution in [3.05, 3.63) is 11.9 Å². The van der Waals surface area contributed by atoms with Crippen LogP contribution in [0, 0.1) is 5.92 Å². The van der Waals surface area contributed by atoms with E-state index in [2.05, 4.69) is 28.7 Å². The van der Waals surface area contributed by atoms with Crippen LogP contribution in [-0.4, -0.2) is 29.1 Å². The Morgan fingerprint density at radius 1 is 1.56 bits per heavy atom. The molecule has 2 unspecified atom stereocenters. The Labute approximate surface area is 97.2 Å². The molecule has 0 aromatic carbocycles. The number of piperidine rings is 1. The fraction of sp³-hybridized carbons (Fsp3) is 0.750. The molecule has 90 valence electrons. The average molecular weight is 222 g/mol. The molecular weight excluding hydrogens is 200 g/mol. The minimum atomic E-state index is 0.568. The van der Waals surface area contributed by atoms with E-state index in [1.165, 1.54) is 18.5 Å². The van der Waals surface area contributed by atoms with Gasteiger partial charge >= 0.3 is 0 Å². The van der Waals surface area contributed by atoms with E-state index in [0.717, 1.165) is 25.5 Å². The number of nitrogens with one attached hydrogen (secondary N) is 1. The number of nitrogens with zero attached hydrogens (tertiary/aromatic N) is 2. The predicted octanol–water partition coefficient (Wildman–Crippen LogP) is 1.54. The molecule has 0 aliphatic carbocycles. The quantitative estimate of drug-likeness (QED) is 0.815. The number of aromatic amines is 1. The summed E-state index contributed by atoms with van der Waals surface area (Å²) in [5.41, 5.74) is 6.97. The first-order valence-electron chi connectivity index (χ1n) is 6.25. The van der Waals surface area contributed by atoms with Crippen LogP contribution >= 0.6 is 0 Å². The van der Waals surface area contributed by atoms with E-state index in [1.807, 2.05) is 6.20 Å². The van der Waals surface area contributed by atoms with Crippen LogP contribution in [0.1, 0.15) is 32.4 Å². The van der Waals surface area contributed by atoms with Crippen LogP contribution in [0.25, 0.3) is 0 Å². The van der Waals surface area contributed by atoms with Crippen LogP contribution in [0.5, 0.6) is 0 Å². The maximum Gasteiger partial charge on any atom is 0.203 e. The number of imidazole rings is 1. The molecule has 1 aliphatic rings. The van der Waals surface area contributed by atoms with E-state index in [0.29, 0.717) is 12.0 Å². The molecule has 0 radical (unpaired) electrons. The van der Waals surface area contributed by atoms with Gasteiger partial charge in [-0.25, -0.2) is 4.98 Å². The molecule has 0 saturated carbocycles. The number of H-pyrrole nitrogens is 1. The highest BCUT2D eigenvalue weighted by molar-refractivity contribution is 5.34. The average Bonchev–Trinajstić information content (AvgIpc) is 2.78. The fourth-order valence-corrected chi connectivity index (χ4v) is 2.34. The summed E-state index contributed by atoms with van der Waals surface area (Å²) >= 11 is 0. The molecule has 1 aliphatic heterocycles. The summed E-state index contributed by atoms with van der Waals surface area (Å²) < 4.78 is 0. The minimum Gasteiger partial charge on any atom is -0.339 e. The maximum atomic E-state index is 5.76. The first-order valence-corrected chi connectivity index (χ1v) is 6.25. The first-order chi connectivity index (χ1) is 7.74. The lowest BCUT2D eigenvalue weighted by Gasteiger charge is -2.37. The van der Waals surface area contributed by atoms with E-state index in [9.17, 15) is 0 Å². The summed E-state index contributed by atoms with van der Waals surface area (Å²) in [5.74, 6) is 1.63. The molecule has 1 aromatic heterocycles. The van der Waals surface area contributed by atoms with E-state index < -0.39 is 0 Å². The zero-order chi connectivity index (χ0) is 11.5. The molecule has 2 heterocycles. The van der Waals surface area contributed by atoms with Gasteiger partial charge in [0.15, 0.2) is 0 Å². The van der Waals surface area contributed by atoms with E-state index in [-0.39, 0.29) is 0 Å². The predicted molar refractivity (Wildman–Crippen MR) is 66.6 cm³/mol. The lowest BCUT2D eigenvalue weighted by atomic mass is 9.94. The molecule has 0 amide bonds. The molecule has 4 nitrogen and oxygen atoms in total. The molecule has 2 rings (SSSR count). The minimum absolute atomic E-state index is 0.568. The van der Waals surface area contributed by atoms with Crippen molar-refractivity contribution in [3.63, 3.8) is 0 Å². The van der Waals surface area contributed by atoms with Gasteiger partial charge in [-0.15, -0.1) is 0 Å². The standard InChI is InChI=1S/C12H22N4/c1-3-11-7-14-12(15-11)16-8-10(6-13)5-4-9(16)2/h7,9-10H,3-6,8,13H2,1-2H3,(H,14,15). The van der Waals surface area contributed by atoms with Gasteiger partial charge in [-0.05, 0) is 38.6 Å². The fourth-order valence-electron chi connectivity index (χ4n) is 2.34. The molecule has 0 spiro atoms. The highest BCUT2D eigenvalue weighted by Gasteiger charge is 2.26. The van der Waals surface area contributed by atoms with Gasteiger partial charge in [0.2, 0.25) is 5.95 Å². The zero-order valence-corrected chi connectivity index (χ0v) is 10.2. The second-order valence-corrected chi connectivity index (χ2v) is 4.77. The molecule has 4 heteroatoms. The van der Waals surface area contributed by atoms with Crippen molar-refractivity contribution in [1.29, 1.82) is 0 Å². The highest BCUT2D eigenvalue weighted by atomic mass is 15.3. The van der Waals surface area contributed by atoms with Crippen molar-refractivity contribution >= 4 is 5.95 Å². The Morgan fingerprint density at radius 3 is 3.00 bits per heavy atom. The van der Waals surface area contributed by atoms with Crippen LogP contribution in [0.2, 0.25) is 0 Å². The Kier molecular flexibility index (Phi) is 3.49. The molecule has 1 saturated heterocycles. The zero-order valence-electron chi connectivity index (χ0n) is 10.2. The van der Waals surface area contributed by atoms with E-state index in [4.69, 9.17) is 5.73 Å². The summed E-state index contributed by atoms with van der Waals surface area (Å²) in [6.07, 6.45) is 5.41. The Balaban J connectivity index is 2.11. The van der Waals surface area contributed by atoms with Crippen molar-refractivity contribution < 1.29 is 0 Å². The highest BCUT2D eigenvalue weighted by Crippen LogP contribution is 2.25. The molecule has 16 heavy (non-hydrogen) atoms. The van der Waals surface area contributed by atoms with Crippen LogP contribution < -0.4 is 10.6 Å². The van der Waals surface area contributed by atoms with Gasteiger partial charge in [-0.3, -0.25) is 0 Å². The third-order valence-electron chi connectivity index (χ3n) is 3.58. The number of aryl methyl sites for hydroxylation is 1. The van der Waals surface area contributed by atoms with Crippen LogP contribution in [0.3, 0.4) is 0 Å².